The van der Waals surface area contributed by atoms with Gasteiger partial charge in [0.05, 0.1) is 14.2 Å². The first-order valence-electron chi connectivity index (χ1n) is 9.48. The largest absolute Gasteiger partial charge is 0.493 e. The van der Waals surface area contributed by atoms with Crippen LogP contribution >= 0.6 is 0 Å². The zero-order valence-corrected chi connectivity index (χ0v) is 16.1. The third kappa shape index (κ3) is 3.42. The van der Waals surface area contributed by atoms with Crippen molar-refractivity contribution in [2.75, 3.05) is 27.3 Å². The van der Waals surface area contributed by atoms with E-state index in [1.54, 1.807) is 32.4 Å². The van der Waals surface area contributed by atoms with Crippen molar-refractivity contribution in [1.29, 1.82) is 0 Å². The molecule has 1 fully saturated rings. The van der Waals surface area contributed by atoms with E-state index in [9.17, 15) is 9.59 Å². The van der Waals surface area contributed by atoms with Crippen LogP contribution in [0.5, 0.6) is 11.5 Å². The molecule has 1 amide bonds. The Kier molecular flexibility index (Phi) is 4.94. The number of amides is 1. The summed E-state index contributed by atoms with van der Waals surface area (Å²) in [6, 6.07) is 11.0. The summed E-state index contributed by atoms with van der Waals surface area (Å²) in [6.07, 6.45) is 4.44. The number of pyridine rings is 1. The van der Waals surface area contributed by atoms with Crippen LogP contribution < -0.4 is 15.0 Å². The lowest BCUT2D eigenvalue weighted by molar-refractivity contribution is -0.128. The molecule has 0 radical (unpaired) electrons. The minimum absolute atomic E-state index is 0.00351. The van der Waals surface area contributed by atoms with Crippen LogP contribution in [0, 0.1) is 5.92 Å². The molecule has 6 heteroatoms. The van der Waals surface area contributed by atoms with Crippen molar-refractivity contribution in [3.63, 3.8) is 0 Å². The molecule has 4 rings (SSSR count). The van der Waals surface area contributed by atoms with Crippen LogP contribution in [0.2, 0.25) is 0 Å². The van der Waals surface area contributed by atoms with Crippen molar-refractivity contribution in [3.05, 3.63) is 64.1 Å². The molecule has 28 heavy (non-hydrogen) atoms. The molecule has 2 aliphatic heterocycles. The van der Waals surface area contributed by atoms with Crippen molar-refractivity contribution >= 4 is 12.0 Å². The van der Waals surface area contributed by atoms with Crippen LogP contribution in [0.4, 0.5) is 0 Å². The Morgan fingerprint density at radius 2 is 1.89 bits per heavy atom. The van der Waals surface area contributed by atoms with E-state index in [1.165, 1.54) is 0 Å². The topological polar surface area (TPSA) is 60.8 Å². The number of ether oxygens (including phenoxy) is 2. The van der Waals surface area contributed by atoms with Gasteiger partial charge in [-0.25, -0.2) is 0 Å². The fourth-order valence-corrected chi connectivity index (χ4v) is 4.31. The van der Waals surface area contributed by atoms with Gasteiger partial charge in [-0.2, -0.15) is 0 Å². The number of piperidine rings is 1. The molecule has 1 aromatic carbocycles. The van der Waals surface area contributed by atoms with Gasteiger partial charge in [-0.15, -0.1) is 0 Å². The van der Waals surface area contributed by atoms with Crippen LogP contribution in [0.15, 0.2) is 47.3 Å². The SMILES string of the molecule is COc1ccc(/C=C/C(=O)N2C[C@@H]3C[C@@H](C2)c2cccc(=O)n2C3)cc1OC. The number of carbonyl (C=O) groups excluding carboxylic acids is 1. The lowest BCUT2D eigenvalue weighted by atomic mass is 9.83. The maximum Gasteiger partial charge on any atom is 0.250 e. The number of carbonyl (C=O) groups is 1. The smallest absolute Gasteiger partial charge is 0.250 e. The summed E-state index contributed by atoms with van der Waals surface area (Å²) >= 11 is 0. The highest BCUT2D eigenvalue weighted by atomic mass is 16.5. The van der Waals surface area contributed by atoms with Crippen molar-refractivity contribution in [1.82, 2.24) is 9.47 Å². The third-order valence-corrected chi connectivity index (χ3v) is 5.62. The maximum absolute atomic E-state index is 12.8. The molecule has 2 aliphatic rings. The highest BCUT2D eigenvalue weighted by Gasteiger charge is 2.35. The highest BCUT2D eigenvalue weighted by Crippen LogP contribution is 2.35. The van der Waals surface area contributed by atoms with E-state index in [-0.39, 0.29) is 17.4 Å². The molecule has 3 heterocycles. The highest BCUT2D eigenvalue weighted by molar-refractivity contribution is 5.92. The van der Waals surface area contributed by atoms with Gasteiger partial charge in [-0.3, -0.25) is 9.59 Å². The average Bonchev–Trinajstić information content (AvgIpc) is 2.72. The van der Waals surface area contributed by atoms with E-state index < -0.39 is 0 Å². The Hall–Kier alpha value is -3.02. The molecule has 1 saturated heterocycles. The summed E-state index contributed by atoms with van der Waals surface area (Å²) in [4.78, 5) is 26.8. The van der Waals surface area contributed by atoms with Crippen molar-refractivity contribution in [2.24, 2.45) is 5.92 Å². The molecule has 1 aromatic heterocycles. The predicted octanol–water partition coefficient (Wildman–Crippen LogP) is 2.52. The van der Waals surface area contributed by atoms with Gasteiger partial charge >= 0.3 is 0 Å². The number of benzene rings is 1. The molecule has 0 saturated carbocycles. The van der Waals surface area contributed by atoms with E-state index in [1.807, 2.05) is 39.8 Å². The summed E-state index contributed by atoms with van der Waals surface area (Å²) in [7, 11) is 3.18. The normalized spacial score (nSPS) is 20.7. The van der Waals surface area contributed by atoms with Gasteiger partial charge in [0.1, 0.15) is 0 Å². The number of hydrogen-bond acceptors (Lipinski definition) is 4. The average molecular weight is 380 g/mol. The Labute approximate surface area is 164 Å². The van der Waals surface area contributed by atoms with Crippen LogP contribution in [0.3, 0.4) is 0 Å². The van der Waals surface area contributed by atoms with E-state index in [4.69, 9.17) is 9.47 Å². The summed E-state index contributed by atoms with van der Waals surface area (Å²) in [6.45, 7) is 2.02. The number of rotatable bonds is 4. The molecule has 6 nitrogen and oxygen atoms in total. The van der Waals surface area contributed by atoms with Gasteiger partial charge in [0.2, 0.25) is 5.91 Å². The summed E-state index contributed by atoms with van der Waals surface area (Å²) < 4.78 is 12.4. The number of nitrogens with zero attached hydrogens (tertiary/aromatic N) is 2. The van der Waals surface area contributed by atoms with Crippen LogP contribution in [0.25, 0.3) is 6.08 Å². The van der Waals surface area contributed by atoms with Gasteiger partial charge < -0.3 is 18.9 Å². The molecule has 2 aromatic rings. The zero-order valence-electron chi connectivity index (χ0n) is 16.1. The van der Waals surface area contributed by atoms with Crippen molar-refractivity contribution in [3.8, 4) is 11.5 Å². The van der Waals surface area contributed by atoms with Gasteiger partial charge in [-0.1, -0.05) is 12.1 Å². The molecule has 0 aliphatic carbocycles. The summed E-state index contributed by atoms with van der Waals surface area (Å²) in [5.41, 5.74) is 1.98. The van der Waals surface area contributed by atoms with E-state index >= 15 is 0 Å². The van der Waals surface area contributed by atoms with Crippen LogP contribution in [-0.2, 0) is 11.3 Å². The Morgan fingerprint density at radius 3 is 2.68 bits per heavy atom. The first-order chi connectivity index (χ1) is 13.6. The second kappa shape index (κ2) is 7.54. The number of methoxy groups -OCH3 is 2. The minimum Gasteiger partial charge on any atom is -0.493 e. The number of aromatic nitrogens is 1. The van der Waals surface area contributed by atoms with E-state index in [0.717, 1.165) is 17.7 Å². The molecule has 0 N–H and O–H groups in total. The lowest BCUT2D eigenvalue weighted by Gasteiger charge is -2.42. The van der Waals surface area contributed by atoms with E-state index in [2.05, 4.69) is 0 Å². The molecule has 0 unspecified atom stereocenters. The monoisotopic (exact) mass is 380 g/mol. The first kappa shape index (κ1) is 18.3. The quantitative estimate of drug-likeness (QED) is 0.765. The van der Waals surface area contributed by atoms with Crippen molar-refractivity contribution < 1.29 is 14.3 Å². The lowest BCUT2D eigenvalue weighted by Crippen LogP contribution is -2.48. The second-order valence-corrected chi connectivity index (χ2v) is 7.39. The predicted molar refractivity (Wildman–Crippen MR) is 107 cm³/mol. The minimum atomic E-state index is -0.00351. The summed E-state index contributed by atoms with van der Waals surface area (Å²) in [5, 5.41) is 0. The number of fused-ring (bicyclic) bond motifs is 4. The molecular weight excluding hydrogens is 356 g/mol. The van der Waals surface area contributed by atoms with Gasteiger partial charge in [0.25, 0.3) is 5.56 Å². The van der Waals surface area contributed by atoms with Gasteiger partial charge in [-0.05, 0) is 42.2 Å². The molecular formula is C22H24N2O4. The van der Waals surface area contributed by atoms with Crippen LogP contribution in [0.1, 0.15) is 23.6 Å². The molecule has 0 spiro atoms. The van der Waals surface area contributed by atoms with Crippen LogP contribution in [-0.4, -0.2) is 42.7 Å². The number of likely N-dealkylation sites (tertiary alicyclic amines) is 1. The Morgan fingerprint density at radius 1 is 1.07 bits per heavy atom. The fraction of sp³-hybridized carbons (Fsp3) is 0.364. The first-order valence-corrected chi connectivity index (χ1v) is 9.48. The molecule has 2 atom stereocenters. The van der Waals surface area contributed by atoms with Crippen molar-refractivity contribution in [2.45, 2.75) is 18.9 Å². The maximum atomic E-state index is 12.8. The Balaban J connectivity index is 1.49. The van der Waals surface area contributed by atoms with Gasteiger partial charge in [0, 0.05) is 43.4 Å². The van der Waals surface area contributed by atoms with E-state index in [0.29, 0.717) is 37.1 Å². The molecule has 146 valence electrons. The summed E-state index contributed by atoms with van der Waals surface area (Å²) in [5.74, 6) is 1.83. The second-order valence-electron chi connectivity index (χ2n) is 7.39. The Bertz CT molecular complexity index is 979. The van der Waals surface area contributed by atoms with Gasteiger partial charge in [0.15, 0.2) is 11.5 Å². The zero-order chi connectivity index (χ0) is 19.7. The fourth-order valence-electron chi connectivity index (χ4n) is 4.31. The standard InChI is InChI=1S/C22H24N2O4/c1-27-19-8-6-15(11-20(19)28-2)7-9-21(25)23-12-16-10-17(14-23)18-4-3-5-22(26)24(18)13-16/h3-9,11,16-17H,10,12-14H2,1-2H3/b9-7+/t16-,17-/m0/s1. The third-order valence-electron chi connectivity index (χ3n) is 5.62. The molecule has 2 bridgehead atoms. The number of hydrogen-bond donors (Lipinski definition) is 0.